The lowest BCUT2D eigenvalue weighted by Crippen LogP contribution is -2.62. The minimum absolute atomic E-state index is 0.0892. The molecule has 4 heterocycles. The van der Waals surface area contributed by atoms with E-state index in [2.05, 4.69) is 54.4 Å². The van der Waals surface area contributed by atoms with Crippen molar-refractivity contribution >= 4 is 29.0 Å². The van der Waals surface area contributed by atoms with Gasteiger partial charge in [-0.1, -0.05) is 29.5 Å². The van der Waals surface area contributed by atoms with Crippen molar-refractivity contribution in [1.29, 1.82) is 0 Å². The van der Waals surface area contributed by atoms with Crippen molar-refractivity contribution in [1.82, 2.24) is 10.2 Å². The van der Waals surface area contributed by atoms with E-state index < -0.39 is 0 Å². The summed E-state index contributed by atoms with van der Waals surface area (Å²) < 4.78 is 1.16. The average molecular weight is 373 g/mol. The van der Waals surface area contributed by atoms with Crippen LogP contribution in [-0.2, 0) is 0 Å². The fourth-order valence-corrected chi connectivity index (χ4v) is 5.99. The lowest BCUT2D eigenvalue weighted by atomic mass is 9.79. The van der Waals surface area contributed by atoms with Gasteiger partial charge in [0.25, 0.3) is 5.91 Å². The van der Waals surface area contributed by atoms with Crippen LogP contribution in [0.3, 0.4) is 0 Å². The first-order chi connectivity index (χ1) is 12.1. The van der Waals surface area contributed by atoms with Gasteiger partial charge in [-0.2, -0.15) is 0 Å². The first kappa shape index (κ1) is 17.1. The second kappa shape index (κ2) is 7.14. The normalized spacial score (nSPS) is 28.1. The minimum Gasteiger partial charge on any atom is -0.347 e. The summed E-state index contributed by atoms with van der Waals surface area (Å²) in [5.41, 5.74) is 1.27. The van der Waals surface area contributed by atoms with Crippen molar-refractivity contribution in [3.63, 3.8) is 0 Å². The Labute approximate surface area is 157 Å². The summed E-state index contributed by atoms with van der Waals surface area (Å²) in [6.45, 7) is 6.73. The molecular weight excluding hydrogens is 348 g/mol. The number of carbonyl (C=O) groups is 1. The van der Waals surface area contributed by atoms with E-state index in [-0.39, 0.29) is 5.91 Å². The number of aryl methyl sites for hydroxylation is 1. The largest absolute Gasteiger partial charge is 0.347 e. The second-order valence-corrected chi connectivity index (χ2v) is 9.60. The smallest absolute Gasteiger partial charge is 0.261 e. The summed E-state index contributed by atoms with van der Waals surface area (Å²) in [6, 6.07) is 13.3. The highest BCUT2D eigenvalue weighted by Gasteiger charge is 2.40. The molecule has 2 aromatic rings. The quantitative estimate of drug-likeness (QED) is 0.862. The average Bonchev–Trinajstić information content (AvgIpc) is 3.09. The summed E-state index contributed by atoms with van der Waals surface area (Å²) in [5.74, 6) is 0.733. The molecule has 2 bridgehead atoms. The van der Waals surface area contributed by atoms with Gasteiger partial charge < -0.3 is 5.32 Å². The SMILES string of the molecule is Cc1ccc(Sc2ccc(C(=O)N[C@@H]3C4CCN(CC4)[C@H]3C)s2)cc1. The predicted molar refractivity (Wildman–Crippen MR) is 105 cm³/mol. The van der Waals surface area contributed by atoms with Crippen LogP contribution < -0.4 is 5.32 Å². The molecule has 2 atom stereocenters. The van der Waals surface area contributed by atoms with Crippen molar-refractivity contribution in [3.8, 4) is 0 Å². The minimum atomic E-state index is 0.0892. The topological polar surface area (TPSA) is 32.3 Å². The van der Waals surface area contributed by atoms with Crippen molar-refractivity contribution < 1.29 is 4.79 Å². The van der Waals surface area contributed by atoms with E-state index in [1.807, 2.05) is 6.07 Å². The maximum atomic E-state index is 12.7. The van der Waals surface area contributed by atoms with Crippen molar-refractivity contribution in [3.05, 3.63) is 46.8 Å². The summed E-state index contributed by atoms with van der Waals surface area (Å²) in [6.07, 6.45) is 2.43. The first-order valence-corrected chi connectivity index (χ1v) is 10.6. The molecule has 3 saturated heterocycles. The predicted octanol–water partition coefficient (Wildman–Crippen LogP) is 4.42. The Morgan fingerprint density at radius 3 is 2.56 bits per heavy atom. The monoisotopic (exact) mass is 372 g/mol. The van der Waals surface area contributed by atoms with Crippen LogP contribution in [0.25, 0.3) is 0 Å². The molecule has 3 aliphatic heterocycles. The lowest BCUT2D eigenvalue weighted by Gasteiger charge is -2.49. The van der Waals surface area contributed by atoms with E-state index in [0.29, 0.717) is 18.0 Å². The molecule has 1 aromatic heterocycles. The number of piperidine rings is 3. The molecule has 5 rings (SSSR count). The van der Waals surface area contributed by atoms with Gasteiger partial charge in [0.1, 0.15) is 0 Å². The number of benzene rings is 1. The highest BCUT2D eigenvalue weighted by Crippen LogP contribution is 2.35. The van der Waals surface area contributed by atoms with Crippen LogP contribution >= 0.6 is 23.1 Å². The van der Waals surface area contributed by atoms with Gasteiger partial charge in [0.15, 0.2) is 0 Å². The van der Waals surface area contributed by atoms with E-state index in [4.69, 9.17) is 0 Å². The Kier molecular flexibility index (Phi) is 4.89. The number of hydrogen-bond donors (Lipinski definition) is 1. The third kappa shape index (κ3) is 3.64. The lowest BCUT2D eigenvalue weighted by molar-refractivity contribution is 0.0218. The maximum Gasteiger partial charge on any atom is 0.261 e. The van der Waals surface area contributed by atoms with Gasteiger partial charge in [0.05, 0.1) is 9.09 Å². The van der Waals surface area contributed by atoms with Crippen LogP contribution in [0.2, 0.25) is 0 Å². The molecule has 5 heteroatoms. The molecule has 3 aliphatic rings. The van der Waals surface area contributed by atoms with E-state index in [1.54, 1.807) is 23.1 Å². The second-order valence-electron chi connectivity index (χ2n) is 7.15. The molecule has 0 saturated carbocycles. The molecule has 132 valence electrons. The number of rotatable bonds is 4. The van der Waals surface area contributed by atoms with Crippen LogP contribution in [0.4, 0.5) is 0 Å². The zero-order valence-electron chi connectivity index (χ0n) is 14.7. The highest BCUT2D eigenvalue weighted by molar-refractivity contribution is 8.01. The van der Waals surface area contributed by atoms with E-state index in [0.717, 1.165) is 9.09 Å². The Hall–Kier alpha value is -1.30. The Balaban J connectivity index is 1.41. The number of amides is 1. The van der Waals surface area contributed by atoms with Crippen molar-refractivity contribution in [2.75, 3.05) is 13.1 Å². The van der Waals surface area contributed by atoms with Gasteiger partial charge in [-0.3, -0.25) is 9.69 Å². The molecule has 1 amide bonds. The number of fused-ring (bicyclic) bond motifs is 3. The van der Waals surface area contributed by atoms with Crippen LogP contribution in [0, 0.1) is 12.8 Å². The molecule has 0 unspecified atom stereocenters. The summed E-state index contributed by atoms with van der Waals surface area (Å²) in [7, 11) is 0. The molecule has 0 radical (unpaired) electrons. The molecular formula is C20H24N2OS2. The van der Waals surface area contributed by atoms with Crippen molar-refractivity contribution in [2.24, 2.45) is 5.92 Å². The number of thiophene rings is 1. The molecule has 25 heavy (non-hydrogen) atoms. The van der Waals surface area contributed by atoms with Crippen LogP contribution in [0.1, 0.15) is 35.0 Å². The number of nitrogens with zero attached hydrogens (tertiary/aromatic N) is 1. The number of carbonyl (C=O) groups excluding carboxylic acids is 1. The zero-order valence-corrected chi connectivity index (χ0v) is 16.3. The van der Waals surface area contributed by atoms with Crippen LogP contribution in [-0.4, -0.2) is 36.0 Å². The number of nitrogens with one attached hydrogen (secondary N) is 1. The maximum absolute atomic E-state index is 12.7. The Morgan fingerprint density at radius 1 is 1.16 bits per heavy atom. The van der Waals surface area contributed by atoms with E-state index in [1.165, 1.54) is 36.4 Å². The van der Waals surface area contributed by atoms with Crippen LogP contribution in [0.5, 0.6) is 0 Å². The zero-order chi connectivity index (χ0) is 17.4. The van der Waals surface area contributed by atoms with Gasteiger partial charge in [-0.15, -0.1) is 11.3 Å². The van der Waals surface area contributed by atoms with Gasteiger partial charge >= 0.3 is 0 Å². The van der Waals surface area contributed by atoms with Gasteiger partial charge in [-0.25, -0.2) is 0 Å². The van der Waals surface area contributed by atoms with E-state index in [9.17, 15) is 4.79 Å². The third-order valence-corrected chi connectivity index (χ3v) is 7.74. The van der Waals surface area contributed by atoms with Crippen LogP contribution in [0.15, 0.2) is 45.5 Å². The molecule has 0 spiro atoms. The summed E-state index contributed by atoms with van der Waals surface area (Å²) in [5, 5.41) is 3.32. The molecule has 3 fully saturated rings. The third-order valence-electron chi connectivity index (χ3n) is 5.52. The van der Waals surface area contributed by atoms with E-state index >= 15 is 0 Å². The fourth-order valence-electron chi connectivity index (χ4n) is 3.99. The standard InChI is InChI=1S/C20H24N2OS2/c1-13-3-5-16(6-4-13)24-18-8-7-17(25-18)20(23)21-19-14(2)22-11-9-15(19)10-12-22/h3-8,14-15,19H,9-12H2,1-2H3,(H,21,23)/t14-,19-/m0/s1. The highest BCUT2D eigenvalue weighted by atomic mass is 32.2. The molecule has 1 aromatic carbocycles. The molecule has 1 N–H and O–H groups in total. The van der Waals surface area contributed by atoms with Gasteiger partial charge in [-0.05, 0) is 70.0 Å². The summed E-state index contributed by atoms with van der Waals surface area (Å²) in [4.78, 5) is 17.3. The Morgan fingerprint density at radius 2 is 1.88 bits per heavy atom. The number of hydrogen-bond acceptors (Lipinski definition) is 4. The Bertz CT molecular complexity index is 745. The fraction of sp³-hybridized carbons (Fsp3) is 0.450. The van der Waals surface area contributed by atoms with Gasteiger partial charge in [0, 0.05) is 17.0 Å². The molecule has 0 aliphatic carbocycles. The first-order valence-electron chi connectivity index (χ1n) is 8.99. The summed E-state index contributed by atoms with van der Waals surface area (Å²) >= 11 is 3.31. The van der Waals surface area contributed by atoms with Gasteiger partial charge in [0.2, 0.25) is 0 Å². The van der Waals surface area contributed by atoms with Crippen molar-refractivity contribution in [2.45, 2.75) is 47.9 Å². The molecule has 3 nitrogen and oxygen atoms in total.